The summed E-state index contributed by atoms with van der Waals surface area (Å²) >= 11 is 0. The quantitative estimate of drug-likeness (QED) is 0.512. The maximum absolute atomic E-state index is 3.66. The minimum atomic E-state index is -0.0190. The van der Waals surface area contributed by atoms with E-state index in [1.165, 1.54) is 27.7 Å². The van der Waals surface area contributed by atoms with Crippen molar-refractivity contribution in [3.05, 3.63) is 72.3 Å². The van der Waals surface area contributed by atoms with Gasteiger partial charge in [-0.15, -0.1) is 5.92 Å². The zero-order chi connectivity index (χ0) is 17.9. The second-order valence-corrected chi connectivity index (χ2v) is 7.26. The Hall–Kier alpha value is -2.86. The van der Waals surface area contributed by atoms with Crippen LogP contribution in [0.5, 0.6) is 0 Å². The molecule has 3 aromatic carbocycles. The van der Waals surface area contributed by atoms with Gasteiger partial charge >= 0.3 is 6.98 Å². The van der Waals surface area contributed by atoms with Gasteiger partial charge in [0.15, 0.2) is 0 Å². The summed E-state index contributed by atoms with van der Waals surface area (Å²) in [6.07, 6.45) is 0.920. The molecule has 1 aliphatic heterocycles. The van der Waals surface area contributed by atoms with E-state index >= 15 is 0 Å². The van der Waals surface area contributed by atoms with Crippen LogP contribution in [0.25, 0.3) is 10.8 Å². The number of anilines is 2. The van der Waals surface area contributed by atoms with E-state index in [4.69, 9.17) is 0 Å². The van der Waals surface area contributed by atoms with Crippen LogP contribution in [0.3, 0.4) is 0 Å². The van der Waals surface area contributed by atoms with Gasteiger partial charge in [0.05, 0.1) is 0 Å². The Morgan fingerprint density at radius 3 is 2.50 bits per heavy atom. The minimum Gasteiger partial charge on any atom is -0.398 e. The van der Waals surface area contributed by atoms with E-state index < -0.39 is 0 Å². The fraction of sp³-hybridized carbons (Fsp3) is 0.217. The number of rotatable bonds is 3. The summed E-state index contributed by atoms with van der Waals surface area (Å²) in [5.74, 6) is 7.44. The van der Waals surface area contributed by atoms with Gasteiger partial charge in [-0.25, -0.2) is 0 Å². The van der Waals surface area contributed by atoms with E-state index in [9.17, 15) is 0 Å². The van der Waals surface area contributed by atoms with Crippen molar-refractivity contribution in [2.45, 2.75) is 26.8 Å². The molecule has 0 saturated carbocycles. The van der Waals surface area contributed by atoms with Crippen LogP contribution < -0.4 is 10.0 Å². The zero-order valence-electron chi connectivity index (χ0n) is 15.4. The maximum atomic E-state index is 3.66. The fourth-order valence-electron chi connectivity index (χ4n) is 3.48. The molecule has 2 nitrogen and oxygen atoms in total. The Bertz CT molecular complexity index is 964. The lowest BCUT2D eigenvalue weighted by Gasteiger charge is -2.35. The molecular formula is C23H23BN2. The van der Waals surface area contributed by atoms with Crippen LogP contribution in [0.4, 0.5) is 11.4 Å². The molecule has 1 aliphatic rings. The predicted octanol–water partition coefficient (Wildman–Crippen LogP) is 5.35. The molecule has 3 heteroatoms. The predicted molar refractivity (Wildman–Crippen MR) is 113 cm³/mol. The van der Waals surface area contributed by atoms with Gasteiger partial charge in [0.2, 0.25) is 0 Å². The van der Waals surface area contributed by atoms with Crippen molar-refractivity contribution in [1.29, 1.82) is 0 Å². The molecule has 4 rings (SSSR count). The summed E-state index contributed by atoms with van der Waals surface area (Å²) in [4.78, 5) is 2.39. The average molecular weight is 338 g/mol. The molecule has 0 amide bonds. The number of hydrogen-bond donors (Lipinski definition) is 1. The van der Waals surface area contributed by atoms with Crippen LogP contribution in [-0.4, -0.2) is 6.98 Å². The second kappa shape index (κ2) is 7.18. The summed E-state index contributed by atoms with van der Waals surface area (Å²) < 4.78 is 0. The third kappa shape index (κ3) is 3.28. The lowest BCUT2D eigenvalue weighted by molar-refractivity contribution is 0.676. The van der Waals surface area contributed by atoms with E-state index in [1.807, 2.05) is 0 Å². The zero-order valence-corrected chi connectivity index (χ0v) is 15.4. The largest absolute Gasteiger partial charge is 0.463 e. The van der Waals surface area contributed by atoms with Gasteiger partial charge in [-0.3, -0.25) is 0 Å². The number of benzene rings is 3. The Labute approximate surface area is 156 Å². The van der Waals surface area contributed by atoms with Gasteiger partial charge in [0.1, 0.15) is 0 Å². The highest BCUT2D eigenvalue weighted by Crippen LogP contribution is 2.37. The van der Waals surface area contributed by atoms with Crippen molar-refractivity contribution in [2.75, 3.05) is 10.0 Å². The molecule has 0 spiro atoms. The fourth-order valence-corrected chi connectivity index (χ4v) is 3.48. The highest BCUT2D eigenvalue weighted by molar-refractivity contribution is 6.75. The average Bonchev–Trinajstić information content (AvgIpc) is 2.65. The smallest absolute Gasteiger partial charge is 0.398 e. The molecule has 3 aromatic rings. The van der Waals surface area contributed by atoms with Gasteiger partial charge in [-0.2, -0.15) is 0 Å². The van der Waals surface area contributed by atoms with Crippen molar-refractivity contribution in [3.63, 3.8) is 0 Å². The van der Waals surface area contributed by atoms with Crippen LogP contribution in [0, 0.1) is 17.7 Å². The normalized spacial score (nSPS) is 12.7. The van der Waals surface area contributed by atoms with Crippen LogP contribution in [0.1, 0.15) is 25.8 Å². The van der Waals surface area contributed by atoms with E-state index in [0.717, 1.165) is 13.0 Å². The molecular weight excluding hydrogens is 315 g/mol. The Kier molecular flexibility index (Phi) is 4.58. The van der Waals surface area contributed by atoms with E-state index in [1.54, 1.807) is 0 Å². The summed E-state index contributed by atoms with van der Waals surface area (Å²) in [5, 5.41) is 6.21. The second-order valence-electron chi connectivity index (χ2n) is 7.26. The van der Waals surface area contributed by atoms with Crippen molar-refractivity contribution in [3.8, 4) is 11.7 Å². The Balaban J connectivity index is 1.78. The molecule has 26 heavy (non-hydrogen) atoms. The summed E-state index contributed by atoms with van der Waals surface area (Å²) in [7, 11) is 0. The molecule has 1 heterocycles. The molecule has 0 atom stereocenters. The molecule has 0 radical (unpaired) electrons. The molecule has 0 aromatic heterocycles. The van der Waals surface area contributed by atoms with Crippen molar-refractivity contribution in [1.82, 2.24) is 0 Å². The van der Waals surface area contributed by atoms with E-state index in [0.29, 0.717) is 5.92 Å². The molecule has 1 N–H and O–H groups in total. The van der Waals surface area contributed by atoms with Crippen LogP contribution in [0.2, 0.25) is 0 Å². The number of nitrogens with one attached hydrogen (secondary N) is 1. The molecule has 0 saturated heterocycles. The maximum Gasteiger partial charge on any atom is 0.463 e. The minimum absolute atomic E-state index is 0.0190. The van der Waals surface area contributed by atoms with Crippen molar-refractivity contribution < 1.29 is 0 Å². The first-order valence-electron chi connectivity index (χ1n) is 9.29. The monoisotopic (exact) mass is 338 g/mol. The number of nitrogens with zero attached hydrogens (tertiary/aromatic N) is 1. The summed E-state index contributed by atoms with van der Waals surface area (Å²) in [5.41, 5.74) is 3.72. The highest BCUT2D eigenvalue weighted by Gasteiger charge is 2.30. The van der Waals surface area contributed by atoms with Gasteiger partial charge in [0, 0.05) is 29.7 Å². The molecule has 0 aliphatic carbocycles. The van der Waals surface area contributed by atoms with Crippen molar-refractivity contribution in [2.24, 2.45) is 5.92 Å². The summed E-state index contributed by atoms with van der Waals surface area (Å²) in [6.45, 7) is 5.23. The van der Waals surface area contributed by atoms with Gasteiger partial charge < -0.3 is 10.0 Å². The highest BCUT2D eigenvalue weighted by atomic mass is 15.2. The standard InChI is InChI=1S/C23H23BN2/c1-18(2)9-8-16-24-25-21-14-6-12-20-13-7-15-22(23(20)21)26(24)17-19-10-4-3-5-11-19/h3-7,10-15,18,25H,9,17H2,1-2H3. The molecule has 0 unspecified atom stereocenters. The van der Waals surface area contributed by atoms with E-state index in [-0.39, 0.29) is 6.98 Å². The van der Waals surface area contributed by atoms with Crippen LogP contribution >= 0.6 is 0 Å². The molecule has 128 valence electrons. The first-order chi connectivity index (χ1) is 12.7. The molecule has 0 bridgehead atoms. The number of hydrogen-bond acceptors (Lipinski definition) is 2. The van der Waals surface area contributed by atoms with Crippen LogP contribution in [0.15, 0.2) is 66.7 Å². The van der Waals surface area contributed by atoms with Crippen LogP contribution in [-0.2, 0) is 6.54 Å². The van der Waals surface area contributed by atoms with E-state index in [2.05, 4.69) is 102 Å². The van der Waals surface area contributed by atoms with Gasteiger partial charge in [-0.1, -0.05) is 74.3 Å². The molecule has 0 fully saturated rings. The van der Waals surface area contributed by atoms with Crippen molar-refractivity contribution >= 4 is 29.1 Å². The lowest BCUT2D eigenvalue weighted by atomic mass is 9.71. The SMILES string of the molecule is CC(C)CC#CB1Nc2cccc3cccc(c23)N1Cc1ccccc1. The summed E-state index contributed by atoms with van der Waals surface area (Å²) in [6, 6.07) is 23.6. The van der Waals surface area contributed by atoms with Gasteiger partial charge in [0.25, 0.3) is 0 Å². The third-order valence-corrected chi connectivity index (χ3v) is 4.74. The third-order valence-electron chi connectivity index (χ3n) is 4.74. The topological polar surface area (TPSA) is 15.3 Å². The Morgan fingerprint density at radius 1 is 0.962 bits per heavy atom. The first kappa shape index (κ1) is 16.6. The van der Waals surface area contributed by atoms with Gasteiger partial charge in [-0.05, 0) is 29.0 Å². The Morgan fingerprint density at radius 2 is 1.73 bits per heavy atom. The first-order valence-corrected chi connectivity index (χ1v) is 9.29. The lowest BCUT2D eigenvalue weighted by Crippen LogP contribution is -2.47.